The summed E-state index contributed by atoms with van der Waals surface area (Å²) in [6.07, 6.45) is 0.330. The van der Waals surface area contributed by atoms with Crippen molar-refractivity contribution >= 4 is 27.5 Å². The molecule has 1 fully saturated rings. The molecule has 1 aromatic carbocycles. The maximum Gasteiger partial charge on any atom is 0.228 e. The van der Waals surface area contributed by atoms with Crippen LogP contribution in [0.3, 0.4) is 0 Å². The number of benzene rings is 1. The van der Waals surface area contributed by atoms with E-state index in [1.807, 2.05) is 25.1 Å². The quantitative estimate of drug-likeness (QED) is 0.793. The number of hydrogen-bond acceptors (Lipinski definition) is 2. The minimum absolute atomic E-state index is 0.0242. The van der Waals surface area contributed by atoms with E-state index in [2.05, 4.69) is 22.0 Å². The zero-order valence-electron chi connectivity index (χ0n) is 8.90. The highest BCUT2D eigenvalue weighted by molar-refractivity contribution is 9.10. The molecular weight excluding hydrogens is 268 g/mol. The average molecular weight is 279 g/mol. The third kappa shape index (κ3) is 1.96. The number of amides is 1. The van der Waals surface area contributed by atoms with Crippen molar-refractivity contribution in [1.29, 1.82) is 5.26 Å². The average Bonchev–Trinajstić information content (AvgIpc) is 2.60. The Bertz CT molecular complexity index is 478. The molecule has 0 radical (unpaired) electrons. The smallest absolute Gasteiger partial charge is 0.228 e. The molecule has 0 N–H and O–H groups in total. The molecule has 0 saturated carbocycles. The van der Waals surface area contributed by atoms with Crippen molar-refractivity contribution in [3.8, 4) is 6.07 Å². The fourth-order valence-electron chi connectivity index (χ4n) is 1.86. The van der Waals surface area contributed by atoms with Gasteiger partial charge in [-0.25, -0.2) is 0 Å². The highest BCUT2D eigenvalue weighted by atomic mass is 79.9. The number of hydrogen-bond donors (Lipinski definition) is 0. The van der Waals surface area contributed by atoms with Crippen LogP contribution < -0.4 is 4.90 Å². The summed E-state index contributed by atoms with van der Waals surface area (Å²) in [5, 5.41) is 8.82. The Kier molecular flexibility index (Phi) is 2.97. The third-order valence-corrected chi connectivity index (χ3v) is 3.34. The number of carbonyl (C=O) groups excluding carboxylic acids is 1. The largest absolute Gasteiger partial charge is 0.310 e. The Labute approximate surface area is 103 Å². The lowest BCUT2D eigenvalue weighted by Gasteiger charge is -2.17. The van der Waals surface area contributed by atoms with Crippen LogP contribution in [0.4, 0.5) is 5.69 Å². The van der Waals surface area contributed by atoms with Gasteiger partial charge >= 0.3 is 0 Å². The first-order valence-electron chi connectivity index (χ1n) is 5.08. The summed E-state index contributed by atoms with van der Waals surface area (Å²) in [6, 6.07) is 8.00. The number of carbonyl (C=O) groups is 1. The van der Waals surface area contributed by atoms with Crippen molar-refractivity contribution in [2.75, 3.05) is 11.4 Å². The normalized spacial score (nSPS) is 19.9. The fourth-order valence-corrected chi connectivity index (χ4v) is 2.57. The van der Waals surface area contributed by atoms with Crippen molar-refractivity contribution < 1.29 is 4.79 Å². The Morgan fingerprint density at radius 3 is 2.88 bits per heavy atom. The standard InChI is InChI=1S/C12H11BrN2O/c1-8-2-3-11(10(13)4-8)15-7-9(6-14)5-12(15)16/h2-4,9H,5,7H2,1H3. The van der Waals surface area contributed by atoms with Gasteiger partial charge in [0.1, 0.15) is 0 Å². The molecular formula is C12H11BrN2O. The second-order valence-corrected chi connectivity index (χ2v) is 4.84. The maximum absolute atomic E-state index is 11.7. The first-order valence-corrected chi connectivity index (χ1v) is 5.87. The number of nitrogens with zero attached hydrogens (tertiary/aromatic N) is 2. The summed E-state index contributed by atoms with van der Waals surface area (Å²) < 4.78 is 0.902. The van der Waals surface area contributed by atoms with Crippen molar-refractivity contribution in [1.82, 2.24) is 0 Å². The van der Waals surface area contributed by atoms with Crippen LogP contribution in [0.2, 0.25) is 0 Å². The molecule has 1 aliphatic rings. The van der Waals surface area contributed by atoms with E-state index in [1.54, 1.807) is 4.90 Å². The molecule has 1 saturated heterocycles. The molecule has 1 unspecified atom stereocenters. The van der Waals surface area contributed by atoms with Crippen LogP contribution in [-0.2, 0) is 4.79 Å². The lowest BCUT2D eigenvalue weighted by Crippen LogP contribution is -2.24. The molecule has 1 amide bonds. The first kappa shape index (κ1) is 11.2. The van der Waals surface area contributed by atoms with E-state index in [1.165, 1.54) is 0 Å². The van der Waals surface area contributed by atoms with Crippen LogP contribution in [0, 0.1) is 24.2 Å². The summed E-state index contributed by atoms with van der Waals surface area (Å²) in [7, 11) is 0. The molecule has 3 nitrogen and oxygen atoms in total. The first-order chi connectivity index (χ1) is 7.61. The highest BCUT2D eigenvalue weighted by Gasteiger charge is 2.31. The van der Waals surface area contributed by atoms with E-state index in [-0.39, 0.29) is 11.8 Å². The Morgan fingerprint density at radius 1 is 1.56 bits per heavy atom. The SMILES string of the molecule is Cc1ccc(N2CC(C#N)CC2=O)c(Br)c1. The van der Waals surface area contributed by atoms with E-state index in [9.17, 15) is 4.79 Å². The predicted molar refractivity (Wildman–Crippen MR) is 65.0 cm³/mol. The van der Waals surface area contributed by atoms with Crippen LogP contribution in [0.15, 0.2) is 22.7 Å². The Hall–Kier alpha value is -1.34. The second kappa shape index (κ2) is 4.26. The lowest BCUT2D eigenvalue weighted by molar-refractivity contribution is -0.117. The summed E-state index contributed by atoms with van der Waals surface area (Å²) in [4.78, 5) is 13.4. The fraction of sp³-hybridized carbons (Fsp3) is 0.333. The minimum atomic E-state index is -0.180. The van der Waals surface area contributed by atoms with Gasteiger partial charge < -0.3 is 4.90 Å². The molecule has 16 heavy (non-hydrogen) atoms. The molecule has 0 spiro atoms. The molecule has 0 bridgehead atoms. The van der Waals surface area contributed by atoms with Gasteiger partial charge in [0.2, 0.25) is 5.91 Å². The number of nitriles is 1. The van der Waals surface area contributed by atoms with Gasteiger partial charge in [0.15, 0.2) is 0 Å². The van der Waals surface area contributed by atoms with Gasteiger partial charge in [-0.3, -0.25) is 4.79 Å². The molecule has 82 valence electrons. The number of rotatable bonds is 1. The van der Waals surface area contributed by atoms with Crippen LogP contribution in [-0.4, -0.2) is 12.5 Å². The Balaban J connectivity index is 2.32. The van der Waals surface area contributed by atoms with Crippen LogP contribution >= 0.6 is 15.9 Å². The maximum atomic E-state index is 11.7. The van der Waals surface area contributed by atoms with Gasteiger partial charge in [0, 0.05) is 17.4 Å². The van der Waals surface area contributed by atoms with Gasteiger partial charge in [-0.2, -0.15) is 5.26 Å². The summed E-state index contributed by atoms with van der Waals surface area (Å²) >= 11 is 3.45. The second-order valence-electron chi connectivity index (χ2n) is 3.99. The molecule has 0 aromatic heterocycles. The number of anilines is 1. The van der Waals surface area contributed by atoms with E-state index in [0.717, 1.165) is 15.7 Å². The van der Waals surface area contributed by atoms with Gasteiger partial charge in [0.25, 0.3) is 0 Å². The van der Waals surface area contributed by atoms with Crippen LogP contribution in [0.25, 0.3) is 0 Å². The van der Waals surface area contributed by atoms with Gasteiger partial charge in [-0.15, -0.1) is 0 Å². The minimum Gasteiger partial charge on any atom is -0.310 e. The molecule has 1 aromatic rings. The van der Waals surface area contributed by atoms with Crippen molar-refractivity contribution in [2.24, 2.45) is 5.92 Å². The van der Waals surface area contributed by atoms with Gasteiger partial charge in [0.05, 0.1) is 17.7 Å². The van der Waals surface area contributed by atoms with Gasteiger partial charge in [-0.05, 0) is 40.5 Å². The lowest BCUT2D eigenvalue weighted by atomic mass is 10.1. The van der Waals surface area contributed by atoms with Crippen molar-refractivity contribution in [2.45, 2.75) is 13.3 Å². The highest BCUT2D eigenvalue weighted by Crippen LogP contribution is 2.31. The molecule has 1 aliphatic heterocycles. The number of aryl methyl sites for hydroxylation is 1. The van der Waals surface area contributed by atoms with E-state index >= 15 is 0 Å². The zero-order valence-corrected chi connectivity index (χ0v) is 10.5. The van der Waals surface area contributed by atoms with E-state index in [4.69, 9.17) is 5.26 Å². The summed E-state index contributed by atoms with van der Waals surface area (Å²) in [5.74, 6) is -0.156. The topological polar surface area (TPSA) is 44.1 Å². The van der Waals surface area contributed by atoms with Crippen LogP contribution in [0.5, 0.6) is 0 Å². The molecule has 1 atom stereocenters. The van der Waals surface area contributed by atoms with Gasteiger partial charge in [-0.1, -0.05) is 6.07 Å². The molecule has 4 heteroatoms. The molecule has 0 aliphatic carbocycles. The van der Waals surface area contributed by atoms with Crippen molar-refractivity contribution in [3.05, 3.63) is 28.2 Å². The predicted octanol–water partition coefficient (Wildman–Crippen LogP) is 2.63. The Morgan fingerprint density at radius 2 is 2.31 bits per heavy atom. The van der Waals surface area contributed by atoms with E-state index in [0.29, 0.717) is 13.0 Å². The number of halogens is 1. The van der Waals surface area contributed by atoms with Crippen molar-refractivity contribution in [3.63, 3.8) is 0 Å². The molecule has 1 heterocycles. The van der Waals surface area contributed by atoms with E-state index < -0.39 is 0 Å². The summed E-state index contributed by atoms with van der Waals surface area (Å²) in [6.45, 7) is 2.50. The third-order valence-electron chi connectivity index (χ3n) is 2.70. The summed E-state index contributed by atoms with van der Waals surface area (Å²) in [5.41, 5.74) is 1.99. The monoisotopic (exact) mass is 278 g/mol. The zero-order chi connectivity index (χ0) is 11.7. The van der Waals surface area contributed by atoms with Crippen LogP contribution in [0.1, 0.15) is 12.0 Å². The molecule has 2 rings (SSSR count).